The zero-order valence-corrected chi connectivity index (χ0v) is 30.7. The fourth-order valence-electron chi connectivity index (χ4n) is 8.82. The van der Waals surface area contributed by atoms with Gasteiger partial charge in [-0.25, -0.2) is 9.97 Å². The lowest BCUT2D eigenvalue weighted by molar-refractivity contribution is 0.668. The molecule has 0 bridgehead atoms. The van der Waals surface area contributed by atoms with Crippen LogP contribution in [0.2, 0.25) is 0 Å². The number of hydrogen-bond donors (Lipinski definition) is 0. The molecule has 0 N–H and O–H groups in total. The number of hydrogen-bond acceptors (Lipinski definition) is 3. The van der Waals surface area contributed by atoms with E-state index in [2.05, 4.69) is 191 Å². The Bertz CT molecular complexity index is 3430. The van der Waals surface area contributed by atoms with Crippen molar-refractivity contribution in [2.24, 2.45) is 0 Å². The molecule has 0 saturated carbocycles. The molecule has 4 heterocycles. The van der Waals surface area contributed by atoms with Crippen molar-refractivity contribution in [3.63, 3.8) is 0 Å². The van der Waals surface area contributed by atoms with Gasteiger partial charge in [0.2, 0.25) is 5.95 Å². The third-order valence-corrected chi connectivity index (χ3v) is 11.3. The lowest BCUT2D eigenvalue weighted by atomic mass is 9.99. The molecule has 5 nitrogen and oxygen atoms in total. The van der Waals surface area contributed by atoms with Gasteiger partial charge in [0.25, 0.3) is 0 Å². The van der Waals surface area contributed by atoms with Crippen molar-refractivity contribution in [2.75, 3.05) is 0 Å². The van der Waals surface area contributed by atoms with Crippen LogP contribution in [0.4, 0.5) is 0 Å². The number of fused-ring (bicyclic) bond motifs is 9. The van der Waals surface area contributed by atoms with E-state index in [0.29, 0.717) is 5.95 Å². The van der Waals surface area contributed by atoms with Crippen LogP contribution >= 0.6 is 0 Å². The van der Waals surface area contributed by atoms with E-state index >= 15 is 0 Å². The molecular formula is C52H32N4O. The van der Waals surface area contributed by atoms with E-state index in [-0.39, 0.29) is 0 Å². The van der Waals surface area contributed by atoms with Crippen LogP contribution in [0.3, 0.4) is 0 Å². The van der Waals surface area contributed by atoms with Crippen molar-refractivity contribution < 1.29 is 4.42 Å². The molecule has 12 aromatic rings. The molecule has 4 aromatic heterocycles. The zero-order valence-electron chi connectivity index (χ0n) is 30.7. The van der Waals surface area contributed by atoms with Crippen LogP contribution in [0.1, 0.15) is 0 Å². The van der Waals surface area contributed by atoms with Crippen molar-refractivity contribution in [2.45, 2.75) is 0 Å². The summed E-state index contributed by atoms with van der Waals surface area (Å²) < 4.78 is 11.3. The van der Waals surface area contributed by atoms with E-state index < -0.39 is 0 Å². The lowest BCUT2D eigenvalue weighted by Gasteiger charge is -2.15. The maximum absolute atomic E-state index is 6.71. The smallest absolute Gasteiger partial charge is 0.235 e. The Balaban J connectivity index is 1.19. The Hall–Kier alpha value is -7.76. The molecule has 8 aromatic carbocycles. The molecule has 0 radical (unpaired) electrons. The highest BCUT2D eigenvalue weighted by molar-refractivity contribution is 6.14. The molecule has 0 saturated heterocycles. The quantitative estimate of drug-likeness (QED) is 0.177. The molecule has 0 fully saturated rings. The Morgan fingerprint density at radius 3 is 1.51 bits per heavy atom. The number of furan rings is 1. The first-order valence-corrected chi connectivity index (χ1v) is 19.2. The summed E-state index contributed by atoms with van der Waals surface area (Å²) in [7, 11) is 0. The SMILES string of the molecule is c1ccc(-c2cccc(-c3cc(-c4cc(-n5c6ccccc6c6ccccc65)cc5oc6ccccc6c45)nc(-n4c5ccccc5c5ccccc54)n3)c2)cc1. The van der Waals surface area contributed by atoms with Crippen molar-refractivity contribution in [3.8, 4) is 45.3 Å². The molecule has 0 unspecified atom stereocenters. The lowest BCUT2D eigenvalue weighted by Crippen LogP contribution is -2.04. The molecule has 0 atom stereocenters. The summed E-state index contributed by atoms with van der Waals surface area (Å²) >= 11 is 0. The van der Waals surface area contributed by atoms with Gasteiger partial charge < -0.3 is 8.98 Å². The van der Waals surface area contributed by atoms with Gasteiger partial charge in [0.1, 0.15) is 11.2 Å². The maximum Gasteiger partial charge on any atom is 0.235 e. The van der Waals surface area contributed by atoms with Gasteiger partial charge in [-0.2, -0.15) is 0 Å². The first-order valence-electron chi connectivity index (χ1n) is 19.2. The normalized spacial score (nSPS) is 11.9. The second-order valence-corrected chi connectivity index (χ2v) is 14.6. The van der Waals surface area contributed by atoms with Gasteiger partial charge in [-0.05, 0) is 59.7 Å². The number of benzene rings is 8. The Morgan fingerprint density at radius 2 is 0.860 bits per heavy atom. The van der Waals surface area contributed by atoms with Crippen molar-refractivity contribution in [1.29, 1.82) is 0 Å². The van der Waals surface area contributed by atoms with Crippen molar-refractivity contribution in [3.05, 3.63) is 194 Å². The molecule has 0 spiro atoms. The third kappa shape index (κ3) is 4.89. The zero-order chi connectivity index (χ0) is 37.5. The summed E-state index contributed by atoms with van der Waals surface area (Å²) in [5.41, 5.74) is 12.9. The standard InChI is InChI=1S/C52H32N4O/c1-2-15-33(16-3-1)34-17-14-18-35(29-34)43-32-44(54-52(53-43)56-47-26-11-6-21-39(47)40-22-7-12-27-48(40)56)42-30-36(31-50-51(42)41-23-8-13-28-49(41)57-50)55-45-24-9-4-19-37(45)38-20-5-10-25-46(38)55/h1-32H. The minimum absolute atomic E-state index is 0.605. The fraction of sp³-hybridized carbons (Fsp3) is 0. The summed E-state index contributed by atoms with van der Waals surface area (Å²) in [5.74, 6) is 0.605. The average molecular weight is 729 g/mol. The molecule has 57 heavy (non-hydrogen) atoms. The Morgan fingerprint density at radius 1 is 0.351 bits per heavy atom. The van der Waals surface area contributed by atoms with Crippen LogP contribution in [0.25, 0.3) is 111 Å². The highest BCUT2D eigenvalue weighted by Gasteiger charge is 2.22. The fourth-order valence-corrected chi connectivity index (χ4v) is 8.82. The molecule has 0 aliphatic heterocycles. The monoisotopic (exact) mass is 728 g/mol. The van der Waals surface area contributed by atoms with Crippen molar-refractivity contribution in [1.82, 2.24) is 19.1 Å². The summed E-state index contributed by atoms with van der Waals surface area (Å²) in [6, 6.07) is 68.3. The molecule has 266 valence electrons. The van der Waals surface area contributed by atoms with Gasteiger partial charge in [0, 0.05) is 49.5 Å². The molecule has 12 rings (SSSR count). The van der Waals surface area contributed by atoms with E-state index in [4.69, 9.17) is 14.4 Å². The van der Waals surface area contributed by atoms with Crippen LogP contribution < -0.4 is 0 Å². The van der Waals surface area contributed by atoms with Gasteiger partial charge in [-0.15, -0.1) is 0 Å². The number of aromatic nitrogens is 4. The highest BCUT2D eigenvalue weighted by atomic mass is 16.3. The van der Waals surface area contributed by atoms with Crippen LogP contribution in [0.15, 0.2) is 199 Å². The van der Waals surface area contributed by atoms with Gasteiger partial charge in [-0.3, -0.25) is 4.57 Å². The maximum atomic E-state index is 6.71. The van der Waals surface area contributed by atoms with Crippen molar-refractivity contribution >= 4 is 65.6 Å². The minimum Gasteiger partial charge on any atom is -0.456 e. The summed E-state index contributed by atoms with van der Waals surface area (Å²) in [6.45, 7) is 0. The molecule has 5 heteroatoms. The van der Waals surface area contributed by atoms with Gasteiger partial charge >= 0.3 is 0 Å². The van der Waals surface area contributed by atoms with Gasteiger partial charge in [0.05, 0.1) is 39.1 Å². The van der Waals surface area contributed by atoms with Crippen LogP contribution in [0.5, 0.6) is 0 Å². The van der Waals surface area contributed by atoms with Gasteiger partial charge in [-0.1, -0.05) is 140 Å². The number of rotatable bonds is 5. The van der Waals surface area contributed by atoms with E-state index in [9.17, 15) is 0 Å². The molecule has 0 aliphatic carbocycles. The van der Waals surface area contributed by atoms with Crippen LogP contribution in [-0.4, -0.2) is 19.1 Å². The molecule has 0 amide bonds. The third-order valence-electron chi connectivity index (χ3n) is 11.3. The first kappa shape index (κ1) is 31.6. The second kappa shape index (κ2) is 12.4. The highest BCUT2D eigenvalue weighted by Crippen LogP contribution is 2.42. The summed E-state index contributed by atoms with van der Waals surface area (Å²) in [6.07, 6.45) is 0. The second-order valence-electron chi connectivity index (χ2n) is 14.6. The predicted molar refractivity (Wildman–Crippen MR) is 234 cm³/mol. The Labute approximate surface area is 327 Å². The predicted octanol–water partition coefficient (Wildman–Crippen LogP) is 13.6. The van der Waals surface area contributed by atoms with Crippen LogP contribution in [0, 0.1) is 0 Å². The average Bonchev–Trinajstić information content (AvgIpc) is 3.94. The minimum atomic E-state index is 0.605. The van der Waals surface area contributed by atoms with E-state index in [0.717, 1.165) is 94.1 Å². The molecular weight excluding hydrogens is 697 g/mol. The topological polar surface area (TPSA) is 48.8 Å². The van der Waals surface area contributed by atoms with E-state index in [1.807, 2.05) is 12.1 Å². The largest absolute Gasteiger partial charge is 0.456 e. The number of para-hydroxylation sites is 5. The van der Waals surface area contributed by atoms with Crippen LogP contribution in [-0.2, 0) is 0 Å². The number of nitrogens with zero attached hydrogens (tertiary/aromatic N) is 4. The summed E-state index contributed by atoms with van der Waals surface area (Å²) in [4.78, 5) is 11.0. The van der Waals surface area contributed by atoms with E-state index in [1.54, 1.807) is 0 Å². The van der Waals surface area contributed by atoms with Gasteiger partial charge in [0.15, 0.2) is 0 Å². The first-order chi connectivity index (χ1) is 28.3. The Kier molecular flexibility index (Phi) is 6.86. The summed E-state index contributed by atoms with van der Waals surface area (Å²) in [5, 5.41) is 6.79. The molecule has 0 aliphatic rings. The van der Waals surface area contributed by atoms with E-state index in [1.165, 1.54) is 10.8 Å².